The number of aromatic nitrogens is 2. The lowest BCUT2D eigenvalue weighted by molar-refractivity contribution is 0.651. The Hall–Kier alpha value is -1.13. The van der Waals surface area contributed by atoms with Crippen molar-refractivity contribution in [1.29, 1.82) is 0 Å². The second-order valence-electron chi connectivity index (χ2n) is 3.83. The molecule has 1 N–H and O–H groups in total. The van der Waals surface area contributed by atoms with Crippen LogP contribution in [0.3, 0.4) is 0 Å². The van der Waals surface area contributed by atoms with E-state index in [2.05, 4.69) is 47.3 Å². The van der Waals surface area contributed by atoms with Crippen molar-refractivity contribution in [3.63, 3.8) is 0 Å². The minimum atomic E-state index is 0.891. The molecule has 4 heteroatoms. The normalized spacial score (nSPS) is 10.9. The van der Waals surface area contributed by atoms with E-state index in [-0.39, 0.29) is 0 Å². The highest BCUT2D eigenvalue weighted by atomic mass is 32.1. The summed E-state index contributed by atoms with van der Waals surface area (Å²) in [4.78, 5) is 0. The van der Waals surface area contributed by atoms with E-state index in [1.54, 1.807) is 11.3 Å². The van der Waals surface area contributed by atoms with Gasteiger partial charge in [0.15, 0.2) is 0 Å². The number of thiophene rings is 1. The first-order valence-corrected chi connectivity index (χ1v) is 6.48. The zero-order valence-electron chi connectivity index (χ0n) is 9.73. The van der Waals surface area contributed by atoms with E-state index < -0.39 is 0 Å². The number of rotatable bonds is 5. The fourth-order valence-electron chi connectivity index (χ4n) is 1.63. The Kier molecular flexibility index (Phi) is 3.74. The highest BCUT2D eigenvalue weighted by molar-refractivity contribution is 7.07. The number of nitrogens with one attached hydrogen (secondary N) is 1. The zero-order chi connectivity index (χ0) is 11.4. The van der Waals surface area contributed by atoms with Gasteiger partial charge < -0.3 is 5.32 Å². The van der Waals surface area contributed by atoms with E-state index in [0.717, 1.165) is 25.3 Å². The smallest absolute Gasteiger partial charge is 0.0638 e. The van der Waals surface area contributed by atoms with Crippen molar-refractivity contribution in [3.8, 4) is 0 Å². The largest absolute Gasteiger partial charge is 0.308 e. The van der Waals surface area contributed by atoms with Crippen molar-refractivity contribution in [2.45, 2.75) is 33.5 Å². The van der Waals surface area contributed by atoms with Crippen LogP contribution < -0.4 is 5.32 Å². The van der Waals surface area contributed by atoms with Gasteiger partial charge in [-0.25, -0.2) is 0 Å². The van der Waals surface area contributed by atoms with Gasteiger partial charge >= 0.3 is 0 Å². The van der Waals surface area contributed by atoms with Gasteiger partial charge in [-0.05, 0) is 36.2 Å². The first-order valence-electron chi connectivity index (χ1n) is 5.54. The number of hydrogen-bond acceptors (Lipinski definition) is 3. The summed E-state index contributed by atoms with van der Waals surface area (Å²) in [6.45, 7) is 6.93. The molecule has 2 rings (SSSR count). The molecule has 0 fully saturated rings. The summed E-state index contributed by atoms with van der Waals surface area (Å²) in [6.07, 6.45) is 2.12. The molecule has 0 amide bonds. The van der Waals surface area contributed by atoms with Gasteiger partial charge in [0, 0.05) is 31.4 Å². The Labute approximate surface area is 100 Å². The van der Waals surface area contributed by atoms with Crippen LogP contribution in [0.15, 0.2) is 23.0 Å². The molecule has 2 aromatic heterocycles. The van der Waals surface area contributed by atoms with Gasteiger partial charge in [-0.1, -0.05) is 0 Å². The molecule has 3 nitrogen and oxygen atoms in total. The highest BCUT2D eigenvalue weighted by Gasteiger charge is 2.03. The summed E-state index contributed by atoms with van der Waals surface area (Å²) in [7, 11) is 0. The molecule has 0 bridgehead atoms. The topological polar surface area (TPSA) is 29.9 Å². The van der Waals surface area contributed by atoms with Crippen LogP contribution in [0.5, 0.6) is 0 Å². The van der Waals surface area contributed by atoms with Crippen molar-refractivity contribution in [2.24, 2.45) is 0 Å². The molecule has 0 aliphatic rings. The van der Waals surface area contributed by atoms with E-state index in [1.807, 2.05) is 4.68 Å². The van der Waals surface area contributed by atoms with Crippen molar-refractivity contribution in [1.82, 2.24) is 15.1 Å². The van der Waals surface area contributed by atoms with E-state index in [0.29, 0.717) is 0 Å². The maximum Gasteiger partial charge on any atom is 0.0638 e. The van der Waals surface area contributed by atoms with Crippen LogP contribution in [0.25, 0.3) is 0 Å². The Morgan fingerprint density at radius 2 is 2.31 bits per heavy atom. The van der Waals surface area contributed by atoms with Crippen LogP contribution in [-0.4, -0.2) is 9.78 Å². The Balaban J connectivity index is 1.87. The summed E-state index contributed by atoms with van der Waals surface area (Å²) in [6, 6.07) is 2.15. The quantitative estimate of drug-likeness (QED) is 0.863. The third-order valence-corrected chi connectivity index (χ3v) is 3.33. The van der Waals surface area contributed by atoms with Crippen LogP contribution >= 0.6 is 11.3 Å². The summed E-state index contributed by atoms with van der Waals surface area (Å²) in [5.41, 5.74) is 3.77. The molecular formula is C12H17N3S. The molecule has 0 saturated carbocycles. The lowest BCUT2D eigenvalue weighted by Gasteiger charge is -2.01. The van der Waals surface area contributed by atoms with Crippen LogP contribution in [0, 0.1) is 6.92 Å². The van der Waals surface area contributed by atoms with Crippen molar-refractivity contribution >= 4 is 11.3 Å². The van der Waals surface area contributed by atoms with Gasteiger partial charge in [0.1, 0.15) is 0 Å². The molecule has 0 saturated heterocycles. The van der Waals surface area contributed by atoms with E-state index >= 15 is 0 Å². The lowest BCUT2D eigenvalue weighted by Crippen LogP contribution is -2.12. The number of aryl methyl sites for hydroxylation is 2. The molecule has 0 aromatic carbocycles. The minimum Gasteiger partial charge on any atom is -0.308 e. The lowest BCUT2D eigenvalue weighted by atomic mass is 10.2. The molecule has 86 valence electrons. The van der Waals surface area contributed by atoms with Gasteiger partial charge in [-0.15, -0.1) is 0 Å². The maximum absolute atomic E-state index is 4.42. The van der Waals surface area contributed by atoms with Crippen molar-refractivity contribution in [2.75, 3.05) is 0 Å². The molecule has 2 heterocycles. The summed E-state index contributed by atoms with van der Waals surface area (Å²) < 4.78 is 1.98. The Morgan fingerprint density at radius 3 is 2.94 bits per heavy atom. The summed E-state index contributed by atoms with van der Waals surface area (Å²) >= 11 is 1.74. The van der Waals surface area contributed by atoms with E-state index in [4.69, 9.17) is 0 Å². The van der Waals surface area contributed by atoms with Crippen LogP contribution in [0.2, 0.25) is 0 Å². The third-order valence-electron chi connectivity index (χ3n) is 2.60. The van der Waals surface area contributed by atoms with Gasteiger partial charge in [0.05, 0.1) is 5.69 Å². The molecule has 0 unspecified atom stereocenters. The predicted octanol–water partition coefficient (Wildman–Crippen LogP) is 2.56. The molecule has 2 aromatic rings. The molecule has 0 aliphatic heterocycles. The standard InChI is InChI=1S/C12H17N3S/c1-3-15-8-12(10(2)14-15)7-13-6-11-4-5-16-9-11/h4-5,8-9,13H,3,6-7H2,1-2H3. The minimum absolute atomic E-state index is 0.891. The van der Waals surface area contributed by atoms with Crippen LogP contribution in [0.1, 0.15) is 23.7 Å². The van der Waals surface area contributed by atoms with E-state index in [9.17, 15) is 0 Å². The zero-order valence-corrected chi connectivity index (χ0v) is 10.5. The third kappa shape index (κ3) is 2.71. The summed E-state index contributed by atoms with van der Waals surface area (Å²) in [5, 5.41) is 12.1. The molecule has 16 heavy (non-hydrogen) atoms. The van der Waals surface area contributed by atoms with Crippen LogP contribution in [-0.2, 0) is 19.6 Å². The van der Waals surface area contributed by atoms with Crippen molar-refractivity contribution < 1.29 is 0 Å². The van der Waals surface area contributed by atoms with Gasteiger partial charge in [0.2, 0.25) is 0 Å². The van der Waals surface area contributed by atoms with Gasteiger partial charge in [-0.3, -0.25) is 4.68 Å². The fraction of sp³-hybridized carbons (Fsp3) is 0.417. The van der Waals surface area contributed by atoms with Gasteiger partial charge in [0.25, 0.3) is 0 Å². The van der Waals surface area contributed by atoms with E-state index in [1.165, 1.54) is 11.1 Å². The van der Waals surface area contributed by atoms with Crippen LogP contribution in [0.4, 0.5) is 0 Å². The first-order chi connectivity index (χ1) is 7.79. The maximum atomic E-state index is 4.42. The number of nitrogens with zero attached hydrogens (tertiary/aromatic N) is 2. The number of hydrogen-bond donors (Lipinski definition) is 1. The fourth-order valence-corrected chi connectivity index (χ4v) is 2.30. The van der Waals surface area contributed by atoms with Gasteiger partial charge in [-0.2, -0.15) is 16.4 Å². The molecule has 0 aliphatic carbocycles. The molecule has 0 spiro atoms. The summed E-state index contributed by atoms with van der Waals surface area (Å²) in [5.74, 6) is 0. The monoisotopic (exact) mass is 235 g/mol. The molecular weight excluding hydrogens is 218 g/mol. The second-order valence-corrected chi connectivity index (χ2v) is 4.61. The predicted molar refractivity (Wildman–Crippen MR) is 67.5 cm³/mol. The van der Waals surface area contributed by atoms with Crippen molar-refractivity contribution in [3.05, 3.63) is 39.8 Å². The SMILES string of the molecule is CCn1cc(CNCc2ccsc2)c(C)n1. The Bertz CT molecular complexity index is 431. The second kappa shape index (κ2) is 5.27. The Morgan fingerprint density at radius 1 is 1.44 bits per heavy atom. The first kappa shape index (κ1) is 11.4. The molecule has 0 atom stereocenters. The average molecular weight is 235 g/mol. The highest BCUT2D eigenvalue weighted by Crippen LogP contribution is 2.08. The average Bonchev–Trinajstić information content (AvgIpc) is 2.89. The molecule has 0 radical (unpaired) electrons.